The number of rotatable bonds is 5. The number of carboxylic acids is 1. The van der Waals surface area contributed by atoms with Gasteiger partial charge in [0.15, 0.2) is 0 Å². The molecule has 2 rings (SSSR count). The lowest BCUT2D eigenvalue weighted by Gasteiger charge is -2.30. The summed E-state index contributed by atoms with van der Waals surface area (Å²) < 4.78 is 5.27. The van der Waals surface area contributed by atoms with Crippen LogP contribution in [0.5, 0.6) is 0 Å². The molecule has 0 atom stereocenters. The number of carboxylic acid groups (broad SMARTS) is 1. The molecular formula is C15H17N3O5. The van der Waals surface area contributed by atoms with E-state index in [2.05, 4.69) is 5.32 Å². The van der Waals surface area contributed by atoms with Crippen LogP contribution in [0.1, 0.15) is 10.4 Å². The Morgan fingerprint density at radius 3 is 2.52 bits per heavy atom. The van der Waals surface area contributed by atoms with Crippen LogP contribution in [0.4, 0.5) is 11.4 Å². The molecule has 0 spiro atoms. The van der Waals surface area contributed by atoms with Crippen LogP contribution in [-0.2, 0) is 14.3 Å². The highest BCUT2D eigenvalue weighted by atomic mass is 16.5. The first-order chi connectivity index (χ1) is 11.0. The highest BCUT2D eigenvalue weighted by Crippen LogP contribution is 2.25. The van der Waals surface area contributed by atoms with Crippen molar-refractivity contribution in [2.75, 3.05) is 36.5 Å². The number of nitrogens with two attached hydrogens (primary N) is 1. The summed E-state index contributed by atoms with van der Waals surface area (Å²) in [5, 5.41) is 11.0. The Morgan fingerprint density at radius 1 is 1.22 bits per heavy atom. The zero-order valence-electron chi connectivity index (χ0n) is 12.3. The average Bonchev–Trinajstić information content (AvgIpc) is 2.53. The standard InChI is InChI=1S/C15H17N3O5/c16-15(22)11-9-10(17-13(19)3-4-14(20)21)1-2-12(11)18-5-7-23-8-6-18/h1-4,9H,5-8H2,(H2,16,22)(H,17,19)(H,20,21). The topological polar surface area (TPSA) is 122 Å². The fourth-order valence-electron chi connectivity index (χ4n) is 2.22. The zero-order chi connectivity index (χ0) is 16.8. The third-order valence-electron chi connectivity index (χ3n) is 3.26. The number of benzene rings is 1. The van der Waals surface area contributed by atoms with Crippen molar-refractivity contribution < 1.29 is 24.2 Å². The van der Waals surface area contributed by atoms with E-state index in [1.54, 1.807) is 12.1 Å². The number of anilines is 2. The van der Waals surface area contributed by atoms with Crippen LogP contribution in [0.15, 0.2) is 30.4 Å². The van der Waals surface area contributed by atoms with Crippen molar-refractivity contribution in [3.63, 3.8) is 0 Å². The largest absolute Gasteiger partial charge is 0.478 e. The second kappa shape index (κ2) is 7.41. The van der Waals surface area contributed by atoms with Gasteiger partial charge < -0.3 is 25.8 Å². The van der Waals surface area contributed by atoms with Gasteiger partial charge in [-0.2, -0.15) is 0 Å². The minimum atomic E-state index is -1.22. The number of morpholine rings is 1. The fourth-order valence-corrected chi connectivity index (χ4v) is 2.22. The van der Waals surface area contributed by atoms with Crippen molar-refractivity contribution in [1.29, 1.82) is 0 Å². The molecule has 1 saturated heterocycles. The van der Waals surface area contributed by atoms with Crippen molar-refractivity contribution in [1.82, 2.24) is 0 Å². The maximum Gasteiger partial charge on any atom is 0.328 e. The first-order valence-corrected chi connectivity index (χ1v) is 6.96. The molecule has 1 heterocycles. The molecular weight excluding hydrogens is 302 g/mol. The number of carbonyl (C=O) groups is 3. The molecule has 1 aliphatic heterocycles. The molecule has 122 valence electrons. The van der Waals surface area contributed by atoms with Gasteiger partial charge in [0.05, 0.1) is 18.8 Å². The lowest BCUT2D eigenvalue weighted by atomic mass is 10.1. The molecule has 0 radical (unpaired) electrons. The second-order valence-electron chi connectivity index (χ2n) is 4.86. The molecule has 0 aromatic heterocycles. The number of primary amides is 1. The van der Waals surface area contributed by atoms with E-state index in [1.807, 2.05) is 4.90 Å². The molecule has 0 saturated carbocycles. The smallest absolute Gasteiger partial charge is 0.328 e. The number of nitrogens with one attached hydrogen (secondary N) is 1. The Hall–Kier alpha value is -2.87. The van der Waals surface area contributed by atoms with Crippen molar-refractivity contribution >= 4 is 29.2 Å². The van der Waals surface area contributed by atoms with Crippen LogP contribution in [-0.4, -0.2) is 49.2 Å². The van der Waals surface area contributed by atoms with Gasteiger partial charge in [0.1, 0.15) is 0 Å². The Kier molecular flexibility index (Phi) is 5.32. The van der Waals surface area contributed by atoms with Crippen LogP contribution in [0.3, 0.4) is 0 Å². The lowest BCUT2D eigenvalue weighted by molar-refractivity contribution is -0.131. The van der Waals surface area contributed by atoms with Gasteiger partial charge >= 0.3 is 5.97 Å². The fraction of sp³-hybridized carbons (Fsp3) is 0.267. The number of ether oxygens (including phenoxy) is 1. The van der Waals surface area contributed by atoms with Gasteiger partial charge in [-0.1, -0.05) is 0 Å². The van der Waals surface area contributed by atoms with E-state index >= 15 is 0 Å². The van der Waals surface area contributed by atoms with Crippen LogP contribution in [0, 0.1) is 0 Å². The molecule has 1 fully saturated rings. The van der Waals surface area contributed by atoms with Gasteiger partial charge in [0, 0.05) is 36.6 Å². The van der Waals surface area contributed by atoms with Gasteiger partial charge in [-0.3, -0.25) is 9.59 Å². The molecule has 8 heteroatoms. The molecule has 4 N–H and O–H groups in total. The third kappa shape index (κ3) is 4.55. The van der Waals surface area contributed by atoms with E-state index in [-0.39, 0.29) is 5.56 Å². The number of hydrogen-bond donors (Lipinski definition) is 3. The molecule has 1 aromatic carbocycles. The normalized spacial score (nSPS) is 14.7. The molecule has 23 heavy (non-hydrogen) atoms. The van der Waals surface area contributed by atoms with Crippen molar-refractivity contribution in [2.24, 2.45) is 5.73 Å². The summed E-state index contributed by atoms with van der Waals surface area (Å²) in [6, 6.07) is 4.80. The first-order valence-electron chi connectivity index (χ1n) is 6.96. The van der Waals surface area contributed by atoms with E-state index in [4.69, 9.17) is 15.6 Å². The van der Waals surface area contributed by atoms with E-state index in [0.29, 0.717) is 37.7 Å². The molecule has 8 nitrogen and oxygen atoms in total. The first kappa shape index (κ1) is 16.5. The summed E-state index contributed by atoms with van der Waals surface area (Å²) in [5.41, 5.74) is 6.74. The number of aliphatic carboxylic acids is 1. The summed E-state index contributed by atoms with van der Waals surface area (Å²) in [6.45, 7) is 2.42. The second-order valence-corrected chi connectivity index (χ2v) is 4.86. The van der Waals surface area contributed by atoms with Crippen LogP contribution in [0.25, 0.3) is 0 Å². The summed E-state index contributed by atoms with van der Waals surface area (Å²) in [4.78, 5) is 35.6. The number of amides is 2. The Bertz CT molecular complexity index is 651. The third-order valence-corrected chi connectivity index (χ3v) is 3.26. The van der Waals surface area contributed by atoms with E-state index in [1.165, 1.54) is 6.07 Å². The van der Waals surface area contributed by atoms with Crippen LogP contribution >= 0.6 is 0 Å². The van der Waals surface area contributed by atoms with Crippen molar-refractivity contribution in [3.8, 4) is 0 Å². The van der Waals surface area contributed by atoms with E-state index in [9.17, 15) is 14.4 Å². The summed E-state index contributed by atoms with van der Waals surface area (Å²) in [7, 11) is 0. The predicted octanol–water partition coefficient (Wildman–Crippen LogP) is 0.201. The van der Waals surface area contributed by atoms with Crippen LogP contribution < -0.4 is 16.0 Å². The highest BCUT2D eigenvalue weighted by Gasteiger charge is 2.18. The number of nitrogens with zero attached hydrogens (tertiary/aromatic N) is 1. The van der Waals surface area contributed by atoms with Gasteiger partial charge in [0.2, 0.25) is 5.91 Å². The monoisotopic (exact) mass is 319 g/mol. The zero-order valence-corrected chi connectivity index (χ0v) is 12.3. The minimum absolute atomic E-state index is 0.284. The molecule has 1 aliphatic rings. The quantitative estimate of drug-likeness (QED) is 0.667. The van der Waals surface area contributed by atoms with Gasteiger partial charge in [-0.15, -0.1) is 0 Å². The van der Waals surface area contributed by atoms with E-state index < -0.39 is 17.8 Å². The van der Waals surface area contributed by atoms with Gasteiger partial charge in [0.25, 0.3) is 5.91 Å². The predicted molar refractivity (Wildman–Crippen MR) is 83.4 cm³/mol. The summed E-state index contributed by atoms with van der Waals surface area (Å²) in [5.74, 6) is -2.44. The molecule has 0 bridgehead atoms. The SMILES string of the molecule is NC(=O)c1cc(NC(=O)C=CC(=O)O)ccc1N1CCOCC1. The number of carbonyl (C=O) groups excluding carboxylic acids is 2. The minimum Gasteiger partial charge on any atom is -0.478 e. The molecule has 1 aromatic rings. The van der Waals surface area contributed by atoms with Crippen LogP contribution in [0.2, 0.25) is 0 Å². The average molecular weight is 319 g/mol. The summed E-state index contributed by atoms with van der Waals surface area (Å²) in [6.07, 6.45) is 1.62. The Labute approximate surface area is 132 Å². The maximum absolute atomic E-state index is 11.7. The molecule has 0 unspecified atom stereocenters. The Morgan fingerprint density at radius 2 is 1.91 bits per heavy atom. The summed E-state index contributed by atoms with van der Waals surface area (Å²) >= 11 is 0. The Balaban J connectivity index is 2.20. The van der Waals surface area contributed by atoms with Gasteiger partial charge in [-0.25, -0.2) is 4.79 Å². The van der Waals surface area contributed by atoms with E-state index in [0.717, 1.165) is 12.2 Å². The lowest BCUT2D eigenvalue weighted by Crippen LogP contribution is -2.37. The van der Waals surface area contributed by atoms with Gasteiger partial charge in [-0.05, 0) is 18.2 Å². The molecule has 0 aliphatic carbocycles. The number of hydrogen-bond acceptors (Lipinski definition) is 5. The van der Waals surface area contributed by atoms with Crippen molar-refractivity contribution in [3.05, 3.63) is 35.9 Å². The molecule has 2 amide bonds. The maximum atomic E-state index is 11.7. The van der Waals surface area contributed by atoms with Crippen molar-refractivity contribution in [2.45, 2.75) is 0 Å². The highest BCUT2D eigenvalue weighted by molar-refractivity contribution is 6.04.